The fourth-order valence-corrected chi connectivity index (χ4v) is 5.04. The number of hydrogen-bond acceptors (Lipinski definition) is 10. The summed E-state index contributed by atoms with van der Waals surface area (Å²) in [5.41, 5.74) is 4.16. The van der Waals surface area contributed by atoms with Gasteiger partial charge in [0.15, 0.2) is 5.58 Å². The van der Waals surface area contributed by atoms with Crippen molar-refractivity contribution in [3.05, 3.63) is 76.2 Å². The van der Waals surface area contributed by atoms with Gasteiger partial charge in [-0.2, -0.15) is 4.98 Å². The van der Waals surface area contributed by atoms with Gasteiger partial charge in [-0.05, 0) is 50.2 Å². The van der Waals surface area contributed by atoms with Crippen LogP contribution in [0.5, 0.6) is 0 Å². The lowest BCUT2D eigenvalue weighted by Gasteiger charge is -2.31. The number of alkyl carbamates (subject to hydrolysis) is 1. The van der Waals surface area contributed by atoms with Crippen LogP contribution in [0.4, 0.5) is 10.8 Å². The van der Waals surface area contributed by atoms with Crippen LogP contribution in [-0.2, 0) is 17.8 Å². The second kappa shape index (κ2) is 15.5. The maximum absolute atomic E-state index is 13.8. The molecule has 2 aromatic heterocycles. The maximum atomic E-state index is 13.8. The Balaban J connectivity index is 1.48. The van der Waals surface area contributed by atoms with Crippen LogP contribution in [0, 0.1) is 5.92 Å². The van der Waals surface area contributed by atoms with Crippen LogP contribution in [-0.4, -0.2) is 89.3 Å². The van der Waals surface area contributed by atoms with E-state index in [1.807, 2.05) is 58.3 Å². The number of rotatable bonds is 15. The first-order valence-electron chi connectivity index (χ1n) is 14.3. The van der Waals surface area contributed by atoms with Crippen LogP contribution in [0.15, 0.2) is 64.7 Å². The Morgan fingerprint density at radius 3 is 2.60 bits per heavy atom. The molecule has 0 saturated carbocycles. The minimum Gasteiger partial charge on any atom is -0.444 e. The van der Waals surface area contributed by atoms with Gasteiger partial charge in [-0.1, -0.05) is 44.2 Å². The molecule has 230 valence electrons. The van der Waals surface area contributed by atoms with Crippen molar-refractivity contribution in [3.63, 3.8) is 0 Å². The van der Waals surface area contributed by atoms with Crippen molar-refractivity contribution in [2.24, 2.45) is 5.92 Å². The second-order valence-electron chi connectivity index (χ2n) is 11.1. The number of thiazole rings is 1. The Morgan fingerprint density at radius 2 is 1.91 bits per heavy atom. The standard InChI is InChI=1S/C31H40N6O5S/c1-21(2)17-37(29(39)23-10-11-25-28(15-23)42-30(34-25)33-12-13-36(3)4)18-27(38)26(14-22-8-6-5-7-9-22)35-31(40)41-19-24-16-32-20-43-24/h5-11,15-16,20-21,26-27,38H,12-14,17-19H2,1-4H3,(H,33,34)(H,35,40)/t26-,27?/m0/s1. The van der Waals surface area contributed by atoms with Crippen molar-refractivity contribution in [1.29, 1.82) is 0 Å². The van der Waals surface area contributed by atoms with Crippen LogP contribution in [0.2, 0.25) is 0 Å². The quantitative estimate of drug-likeness (QED) is 0.181. The molecule has 0 aliphatic heterocycles. The van der Waals surface area contributed by atoms with Gasteiger partial charge in [-0.25, -0.2) is 4.79 Å². The Labute approximate surface area is 255 Å². The first-order chi connectivity index (χ1) is 20.7. The number of anilines is 1. The highest BCUT2D eigenvalue weighted by atomic mass is 32.1. The molecule has 1 unspecified atom stereocenters. The fourth-order valence-electron chi connectivity index (χ4n) is 4.53. The summed E-state index contributed by atoms with van der Waals surface area (Å²) in [5, 5.41) is 17.4. The van der Waals surface area contributed by atoms with E-state index in [0.717, 1.165) is 17.0 Å². The van der Waals surface area contributed by atoms with E-state index in [1.165, 1.54) is 11.3 Å². The molecule has 0 bridgehead atoms. The molecule has 3 N–H and O–H groups in total. The number of oxazole rings is 1. The number of ether oxygens (including phenoxy) is 1. The molecule has 2 amide bonds. The Hall–Kier alpha value is -4.00. The molecule has 43 heavy (non-hydrogen) atoms. The maximum Gasteiger partial charge on any atom is 0.407 e. The van der Waals surface area contributed by atoms with Gasteiger partial charge < -0.3 is 34.7 Å². The monoisotopic (exact) mass is 608 g/mol. The van der Waals surface area contributed by atoms with Gasteiger partial charge in [-0.15, -0.1) is 11.3 Å². The molecular weight excluding hydrogens is 568 g/mol. The largest absolute Gasteiger partial charge is 0.444 e. The Morgan fingerprint density at radius 1 is 1.12 bits per heavy atom. The van der Waals surface area contributed by atoms with Gasteiger partial charge in [0.1, 0.15) is 12.1 Å². The van der Waals surface area contributed by atoms with E-state index in [-0.39, 0.29) is 25.0 Å². The summed E-state index contributed by atoms with van der Waals surface area (Å²) in [6, 6.07) is 14.4. The van der Waals surface area contributed by atoms with Gasteiger partial charge >= 0.3 is 6.09 Å². The van der Waals surface area contributed by atoms with E-state index in [9.17, 15) is 14.7 Å². The van der Waals surface area contributed by atoms with E-state index < -0.39 is 18.2 Å². The van der Waals surface area contributed by atoms with Gasteiger partial charge in [-0.3, -0.25) is 9.78 Å². The predicted octanol–water partition coefficient (Wildman–Crippen LogP) is 4.25. The molecule has 11 nitrogen and oxygen atoms in total. The minimum absolute atomic E-state index is 0.00935. The normalized spacial score (nSPS) is 12.8. The lowest BCUT2D eigenvalue weighted by atomic mass is 10.00. The van der Waals surface area contributed by atoms with Crippen molar-refractivity contribution < 1.29 is 23.8 Å². The van der Waals surface area contributed by atoms with Crippen LogP contribution >= 0.6 is 11.3 Å². The van der Waals surface area contributed by atoms with E-state index in [0.29, 0.717) is 42.2 Å². The number of aromatic nitrogens is 2. The second-order valence-corrected chi connectivity index (χ2v) is 12.1. The number of amides is 2. The summed E-state index contributed by atoms with van der Waals surface area (Å²) >= 11 is 1.39. The smallest absolute Gasteiger partial charge is 0.407 e. The number of aliphatic hydroxyl groups is 1. The summed E-state index contributed by atoms with van der Waals surface area (Å²) in [7, 11) is 3.98. The van der Waals surface area contributed by atoms with E-state index in [2.05, 4.69) is 25.5 Å². The van der Waals surface area contributed by atoms with E-state index >= 15 is 0 Å². The van der Waals surface area contributed by atoms with Crippen LogP contribution in [0.25, 0.3) is 11.1 Å². The summed E-state index contributed by atoms with van der Waals surface area (Å²) in [5.74, 6) is -0.109. The van der Waals surface area contributed by atoms with Crippen LogP contribution < -0.4 is 10.6 Å². The number of likely N-dealkylation sites (N-methyl/N-ethyl adjacent to an activating group) is 1. The van der Waals surface area contributed by atoms with Crippen LogP contribution in [0.3, 0.4) is 0 Å². The van der Waals surface area contributed by atoms with Crippen molar-refractivity contribution >= 4 is 40.5 Å². The number of carbonyl (C=O) groups excluding carboxylic acids is 2. The molecular formula is C31H40N6O5S. The average molecular weight is 609 g/mol. The van der Waals surface area contributed by atoms with Gasteiger partial charge in [0, 0.05) is 37.9 Å². The molecule has 0 aliphatic carbocycles. The zero-order valence-electron chi connectivity index (χ0n) is 25.0. The van der Waals surface area contributed by atoms with Crippen LogP contribution in [0.1, 0.15) is 34.6 Å². The van der Waals surface area contributed by atoms with Crippen molar-refractivity contribution in [2.45, 2.75) is 39.0 Å². The zero-order chi connectivity index (χ0) is 30.8. The fraction of sp³-hybridized carbons (Fsp3) is 0.419. The molecule has 0 fully saturated rings. The highest BCUT2D eigenvalue weighted by molar-refractivity contribution is 7.09. The lowest BCUT2D eigenvalue weighted by Crippen LogP contribution is -2.51. The molecule has 0 spiro atoms. The van der Waals surface area contributed by atoms with Crippen molar-refractivity contribution in [3.8, 4) is 0 Å². The number of nitrogens with one attached hydrogen (secondary N) is 2. The van der Waals surface area contributed by atoms with Gasteiger partial charge in [0.25, 0.3) is 11.9 Å². The average Bonchev–Trinajstić information content (AvgIpc) is 3.64. The number of aliphatic hydroxyl groups excluding tert-OH is 1. The number of benzene rings is 2. The van der Waals surface area contributed by atoms with Gasteiger partial charge in [0.2, 0.25) is 0 Å². The number of nitrogens with zero attached hydrogens (tertiary/aromatic N) is 4. The third-order valence-electron chi connectivity index (χ3n) is 6.65. The molecule has 12 heteroatoms. The molecule has 2 atom stereocenters. The van der Waals surface area contributed by atoms with Crippen molar-refractivity contribution in [2.75, 3.05) is 45.6 Å². The summed E-state index contributed by atoms with van der Waals surface area (Å²) in [6.45, 7) is 6.01. The van der Waals surface area contributed by atoms with E-state index in [1.54, 1.807) is 34.8 Å². The third kappa shape index (κ3) is 9.77. The Kier molecular flexibility index (Phi) is 11.5. The predicted molar refractivity (Wildman–Crippen MR) is 167 cm³/mol. The van der Waals surface area contributed by atoms with Crippen molar-refractivity contribution in [1.82, 2.24) is 25.1 Å². The molecule has 0 radical (unpaired) electrons. The zero-order valence-corrected chi connectivity index (χ0v) is 25.8. The first-order valence-corrected chi connectivity index (χ1v) is 15.2. The molecule has 4 aromatic rings. The SMILES string of the molecule is CC(C)CN(CC(O)[C@H](Cc1ccccc1)NC(=O)OCc1cncs1)C(=O)c1ccc2nc(NCCN(C)C)oc2c1. The highest BCUT2D eigenvalue weighted by Gasteiger charge is 2.28. The highest BCUT2D eigenvalue weighted by Crippen LogP contribution is 2.22. The minimum atomic E-state index is -1.07. The molecule has 2 aromatic carbocycles. The summed E-state index contributed by atoms with van der Waals surface area (Å²) < 4.78 is 11.2. The Bertz CT molecular complexity index is 1440. The molecule has 0 aliphatic rings. The van der Waals surface area contributed by atoms with E-state index in [4.69, 9.17) is 9.15 Å². The summed E-state index contributed by atoms with van der Waals surface area (Å²) in [6.07, 6.45) is 0.276. The number of fused-ring (bicyclic) bond motifs is 1. The molecule has 4 rings (SSSR count). The van der Waals surface area contributed by atoms with Gasteiger partial charge in [0.05, 0.1) is 22.5 Å². The topological polar surface area (TPSA) is 133 Å². The first kappa shape index (κ1) is 31.9. The molecule has 2 heterocycles. The number of hydrogen-bond donors (Lipinski definition) is 3. The third-order valence-corrected chi connectivity index (χ3v) is 7.40. The lowest BCUT2D eigenvalue weighted by molar-refractivity contribution is 0.0494. The number of carbonyl (C=O) groups is 2. The molecule has 0 saturated heterocycles. The summed E-state index contributed by atoms with van der Waals surface area (Å²) in [4.78, 5) is 39.4.